The van der Waals surface area contributed by atoms with E-state index in [1.165, 1.54) is 30.7 Å². The molecule has 5 nitrogen and oxygen atoms in total. The first-order valence-corrected chi connectivity index (χ1v) is 5.32. The average molecular weight is 236 g/mol. The number of hydrogen-bond donors (Lipinski definition) is 1. The molecule has 82 valence electrons. The number of carboxylic acid groups (broad SMARTS) is 1. The van der Waals surface area contributed by atoms with Crippen LogP contribution in [0.25, 0.3) is 11.4 Å². The van der Waals surface area contributed by atoms with Gasteiger partial charge in [-0.2, -0.15) is 0 Å². The molecule has 0 radical (unpaired) electrons. The molecule has 2 aromatic heterocycles. The Hall–Kier alpha value is -1.95. The number of pyridine rings is 1. The summed E-state index contributed by atoms with van der Waals surface area (Å²) in [7, 11) is 1.46. The molecule has 2 rings (SSSR count). The number of nitrogens with zero attached hydrogens (tertiary/aromatic N) is 2. The van der Waals surface area contributed by atoms with Gasteiger partial charge in [0.15, 0.2) is 0 Å². The molecule has 16 heavy (non-hydrogen) atoms. The summed E-state index contributed by atoms with van der Waals surface area (Å²) in [5.74, 6) is -0.634. The van der Waals surface area contributed by atoms with Crippen LogP contribution >= 0.6 is 11.3 Å². The summed E-state index contributed by atoms with van der Waals surface area (Å²) in [6.07, 6.45) is 1.47. The van der Waals surface area contributed by atoms with Gasteiger partial charge >= 0.3 is 5.97 Å². The van der Waals surface area contributed by atoms with Crippen molar-refractivity contribution in [3.63, 3.8) is 0 Å². The molecule has 0 atom stereocenters. The fourth-order valence-electron chi connectivity index (χ4n) is 1.25. The third-order valence-electron chi connectivity index (χ3n) is 2.00. The first-order chi connectivity index (χ1) is 7.72. The summed E-state index contributed by atoms with van der Waals surface area (Å²) in [4.78, 5) is 19.2. The van der Waals surface area contributed by atoms with E-state index in [-0.39, 0.29) is 5.56 Å². The summed E-state index contributed by atoms with van der Waals surface area (Å²) < 4.78 is 4.93. The molecule has 0 aliphatic heterocycles. The maximum Gasteiger partial charge on any atom is 0.338 e. The molecule has 2 aromatic rings. The SMILES string of the molecule is COc1cnc(-c2cscn2)c(C(=O)O)c1. The van der Waals surface area contributed by atoms with Gasteiger partial charge in [-0.15, -0.1) is 11.3 Å². The average Bonchev–Trinajstić information content (AvgIpc) is 2.81. The van der Waals surface area contributed by atoms with E-state index >= 15 is 0 Å². The highest BCUT2D eigenvalue weighted by molar-refractivity contribution is 7.07. The van der Waals surface area contributed by atoms with Gasteiger partial charge < -0.3 is 9.84 Å². The van der Waals surface area contributed by atoms with Gasteiger partial charge in [0.2, 0.25) is 0 Å². The predicted octanol–water partition coefficient (Wildman–Crippen LogP) is 1.91. The van der Waals surface area contributed by atoms with Gasteiger partial charge in [-0.05, 0) is 6.07 Å². The second-order valence-electron chi connectivity index (χ2n) is 2.95. The van der Waals surface area contributed by atoms with Crippen LogP contribution in [0.2, 0.25) is 0 Å². The predicted molar refractivity (Wildman–Crippen MR) is 58.9 cm³/mol. The maximum absolute atomic E-state index is 11.1. The van der Waals surface area contributed by atoms with E-state index in [1.807, 2.05) is 0 Å². The molecule has 0 spiro atoms. The Morgan fingerprint density at radius 2 is 2.31 bits per heavy atom. The fourth-order valence-corrected chi connectivity index (χ4v) is 1.79. The zero-order chi connectivity index (χ0) is 11.5. The molecule has 2 heterocycles. The van der Waals surface area contributed by atoms with Gasteiger partial charge in [0.25, 0.3) is 0 Å². The van der Waals surface area contributed by atoms with Crippen LogP contribution in [-0.4, -0.2) is 28.2 Å². The van der Waals surface area contributed by atoms with Crippen molar-refractivity contribution in [2.75, 3.05) is 7.11 Å². The van der Waals surface area contributed by atoms with Crippen LogP contribution in [0.3, 0.4) is 0 Å². The summed E-state index contributed by atoms with van der Waals surface area (Å²) in [5.41, 5.74) is 2.64. The lowest BCUT2D eigenvalue weighted by Crippen LogP contribution is -2.02. The smallest absolute Gasteiger partial charge is 0.338 e. The number of aromatic carboxylic acids is 1. The van der Waals surface area contributed by atoms with E-state index in [2.05, 4.69) is 9.97 Å². The van der Waals surface area contributed by atoms with E-state index in [0.717, 1.165) is 0 Å². The third-order valence-corrected chi connectivity index (χ3v) is 2.59. The normalized spacial score (nSPS) is 10.1. The molecule has 0 saturated carbocycles. The second kappa shape index (κ2) is 4.28. The first kappa shape index (κ1) is 10.6. The van der Waals surface area contributed by atoms with Gasteiger partial charge in [0.05, 0.1) is 24.4 Å². The molecule has 0 unspecified atom stereocenters. The summed E-state index contributed by atoms with van der Waals surface area (Å²) in [6.45, 7) is 0. The minimum atomic E-state index is -1.05. The van der Waals surface area contributed by atoms with E-state index in [0.29, 0.717) is 17.1 Å². The second-order valence-corrected chi connectivity index (χ2v) is 3.67. The van der Waals surface area contributed by atoms with Crippen LogP contribution < -0.4 is 4.74 Å². The van der Waals surface area contributed by atoms with Crippen molar-refractivity contribution in [2.24, 2.45) is 0 Å². The zero-order valence-corrected chi connectivity index (χ0v) is 9.19. The monoisotopic (exact) mass is 236 g/mol. The van der Waals surface area contributed by atoms with Crippen LogP contribution in [0.15, 0.2) is 23.2 Å². The Morgan fingerprint density at radius 3 is 2.88 bits per heavy atom. The number of hydrogen-bond acceptors (Lipinski definition) is 5. The van der Waals surface area contributed by atoms with Crippen molar-refractivity contribution >= 4 is 17.3 Å². The summed E-state index contributed by atoms with van der Waals surface area (Å²) in [6, 6.07) is 1.43. The van der Waals surface area contributed by atoms with Gasteiger partial charge in [-0.1, -0.05) is 0 Å². The highest BCUT2D eigenvalue weighted by atomic mass is 32.1. The van der Waals surface area contributed by atoms with Crippen LogP contribution in [0.4, 0.5) is 0 Å². The van der Waals surface area contributed by atoms with Crippen molar-refractivity contribution in [3.8, 4) is 17.1 Å². The molecule has 0 aliphatic carbocycles. The Labute approximate surface area is 95.4 Å². The Balaban J connectivity index is 2.57. The molecule has 0 aromatic carbocycles. The topological polar surface area (TPSA) is 72.3 Å². The highest BCUT2D eigenvalue weighted by Crippen LogP contribution is 2.24. The number of rotatable bonds is 3. The van der Waals surface area contributed by atoms with E-state index in [9.17, 15) is 4.79 Å². The van der Waals surface area contributed by atoms with Crippen molar-refractivity contribution in [1.82, 2.24) is 9.97 Å². The number of thiazole rings is 1. The molecule has 0 saturated heterocycles. The number of carboxylic acids is 1. The number of carbonyl (C=O) groups is 1. The quantitative estimate of drug-likeness (QED) is 0.881. The number of aromatic nitrogens is 2. The lowest BCUT2D eigenvalue weighted by molar-refractivity contribution is 0.0697. The lowest BCUT2D eigenvalue weighted by Gasteiger charge is -2.04. The van der Waals surface area contributed by atoms with Crippen LogP contribution in [0.5, 0.6) is 5.75 Å². The molecule has 1 N–H and O–H groups in total. The standard InChI is InChI=1S/C10H8N2O3S/c1-15-6-2-7(10(13)14)9(11-3-6)8-4-16-5-12-8/h2-5H,1H3,(H,13,14). The minimum absolute atomic E-state index is 0.0882. The van der Waals surface area contributed by atoms with E-state index in [4.69, 9.17) is 9.84 Å². The Morgan fingerprint density at radius 1 is 1.50 bits per heavy atom. The lowest BCUT2D eigenvalue weighted by atomic mass is 10.1. The number of methoxy groups -OCH3 is 1. The zero-order valence-electron chi connectivity index (χ0n) is 8.38. The van der Waals surface area contributed by atoms with Crippen molar-refractivity contribution in [1.29, 1.82) is 0 Å². The molecule has 0 aliphatic rings. The Kier molecular flexibility index (Phi) is 2.82. The molecule has 6 heteroatoms. The molecule has 0 fully saturated rings. The Bertz CT molecular complexity index is 511. The van der Waals surface area contributed by atoms with Crippen molar-refractivity contribution in [2.45, 2.75) is 0 Å². The fraction of sp³-hybridized carbons (Fsp3) is 0.100. The highest BCUT2D eigenvalue weighted by Gasteiger charge is 2.15. The summed E-state index contributed by atoms with van der Waals surface area (Å²) >= 11 is 1.39. The van der Waals surface area contributed by atoms with Crippen molar-refractivity contribution < 1.29 is 14.6 Å². The minimum Gasteiger partial charge on any atom is -0.495 e. The van der Waals surface area contributed by atoms with Crippen molar-refractivity contribution in [3.05, 3.63) is 28.7 Å². The van der Waals surface area contributed by atoms with Crippen LogP contribution in [-0.2, 0) is 0 Å². The summed E-state index contributed by atoms with van der Waals surface area (Å²) in [5, 5.41) is 10.8. The molecular formula is C10H8N2O3S. The van der Waals surface area contributed by atoms with E-state index in [1.54, 1.807) is 10.9 Å². The first-order valence-electron chi connectivity index (χ1n) is 4.38. The van der Waals surface area contributed by atoms with Gasteiger partial charge in [-0.25, -0.2) is 14.8 Å². The van der Waals surface area contributed by atoms with Crippen LogP contribution in [0, 0.1) is 0 Å². The van der Waals surface area contributed by atoms with Crippen LogP contribution in [0.1, 0.15) is 10.4 Å². The van der Waals surface area contributed by atoms with E-state index < -0.39 is 5.97 Å². The maximum atomic E-state index is 11.1. The van der Waals surface area contributed by atoms with Gasteiger partial charge in [0.1, 0.15) is 17.1 Å². The largest absolute Gasteiger partial charge is 0.495 e. The third kappa shape index (κ3) is 1.87. The number of ether oxygens (including phenoxy) is 1. The molecular weight excluding hydrogens is 228 g/mol. The van der Waals surface area contributed by atoms with Gasteiger partial charge in [-0.3, -0.25) is 0 Å². The molecule has 0 amide bonds. The molecule has 0 bridgehead atoms. The van der Waals surface area contributed by atoms with Gasteiger partial charge in [0, 0.05) is 5.38 Å².